The second-order valence-electron chi connectivity index (χ2n) is 9.23. The molecule has 8 nitrogen and oxygen atoms in total. The second kappa shape index (κ2) is 14.4. The molecule has 0 atom stereocenters. The van der Waals surface area contributed by atoms with Gasteiger partial charge in [0.2, 0.25) is 0 Å². The Hall–Kier alpha value is -0.810. The zero-order valence-electron chi connectivity index (χ0n) is 20.0. The molecule has 0 spiro atoms. The summed E-state index contributed by atoms with van der Waals surface area (Å²) >= 11 is 0. The molecule has 0 aromatic heterocycles. The number of carbonyl (C=O) groups excluding carboxylic acids is 1. The number of ether oxygens (including phenoxy) is 3. The number of guanidine groups is 1. The highest BCUT2D eigenvalue weighted by molar-refractivity contribution is 14.0. The maximum Gasteiger partial charge on any atom is 0.410 e. The van der Waals surface area contributed by atoms with Crippen molar-refractivity contribution in [3.05, 3.63) is 0 Å². The van der Waals surface area contributed by atoms with Gasteiger partial charge in [0.05, 0.1) is 13.2 Å². The van der Waals surface area contributed by atoms with Gasteiger partial charge in [-0.1, -0.05) is 0 Å². The van der Waals surface area contributed by atoms with Crippen molar-refractivity contribution in [1.82, 2.24) is 15.1 Å². The van der Waals surface area contributed by atoms with Crippen LogP contribution in [0.5, 0.6) is 0 Å². The van der Waals surface area contributed by atoms with Crippen molar-refractivity contribution in [2.24, 2.45) is 10.9 Å². The zero-order valence-corrected chi connectivity index (χ0v) is 22.4. The number of nitrogens with zero attached hydrogens (tertiary/aromatic N) is 3. The van der Waals surface area contributed by atoms with Crippen molar-refractivity contribution >= 4 is 36.0 Å². The highest BCUT2D eigenvalue weighted by atomic mass is 127. The van der Waals surface area contributed by atoms with E-state index in [1.807, 2.05) is 32.7 Å². The van der Waals surface area contributed by atoms with Gasteiger partial charge in [-0.15, -0.1) is 24.0 Å². The van der Waals surface area contributed by atoms with E-state index in [0.29, 0.717) is 25.7 Å². The Kier molecular flexibility index (Phi) is 13.1. The topological polar surface area (TPSA) is 75.6 Å². The summed E-state index contributed by atoms with van der Waals surface area (Å²) in [6.45, 7) is 11.2. The Morgan fingerprint density at radius 3 is 2.35 bits per heavy atom. The van der Waals surface area contributed by atoms with E-state index >= 15 is 0 Å². The predicted molar refractivity (Wildman–Crippen MR) is 134 cm³/mol. The van der Waals surface area contributed by atoms with Crippen molar-refractivity contribution in [1.29, 1.82) is 0 Å². The summed E-state index contributed by atoms with van der Waals surface area (Å²) in [6, 6.07) is 0.240. The second-order valence-corrected chi connectivity index (χ2v) is 9.23. The predicted octanol–water partition coefficient (Wildman–Crippen LogP) is 3.34. The van der Waals surface area contributed by atoms with E-state index in [9.17, 15) is 4.79 Å². The minimum Gasteiger partial charge on any atom is -0.444 e. The quantitative estimate of drug-likeness (QED) is 0.193. The Morgan fingerprint density at radius 1 is 1.13 bits per heavy atom. The van der Waals surface area contributed by atoms with Gasteiger partial charge in [0, 0.05) is 53.0 Å². The summed E-state index contributed by atoms with van der Waals surface area (Å²) in [5.41, 5.74) is -0.460. The third-order valence-corrected chi connectivity index (χ3v) is 5.38. The van der Waals surface area contributed by atoms with E-state index in [1.165, 1.54) is 12.8 Å². The summed E-state index contributed by atoms with van der Waals surface area (Å²) in [5, 5.41) is 3.43. The standard InChI is InChI=1S/C22H42N4O4.HI/c1-22(2,3)30-21(27)26(17-18-7-8-18)19-9-12-25(13-10-19)20(23-4)24-11-6-14-29-16-15-28-5;/h18-19H,6-17H2,1-5H3,(H,23,24);1H. The lowest BCUT2D eigenvalue weighted by molar-refractivity contribution is 0.00928. The van der Waals surface area contributed by atoms with Crippen LogP contribution in [0.4, 0.5) is 4.79 Å². The van der Waals surface area contributed by atoms with E-state index in [2.05, 4.69) is 15.2 Å². The third kappa shape index (κ3) is 11.1. The Bertz CT molecular complexity index is 544. The Morgan fingerprint density at radius 2 is 1.81 bits per heavy atom. The molecule has 9 heteroatoms. The highest BCUT2D eigenvalue weighted by Gasteiger charge is 2.35. The Labute approximate surface area is 205 Å². The molecule has 0 radical (unpaired) electrons. The first-order valence-electron chi connectivity index (χ1n) is 11.4. The van der Waals surface area contributed by atoms with Gasteiger partial charge in [0.15, 0.2) is 5.96 Å². The van der Waals surface area contributed by atoms with Crippen LogP contribution in [0.1, 0.15) is 52.9 Å². The minimum atomic E-state index is -0.460. The van der Waals surface area contributed by atoms with Gasteiger partial charge >= 0.3 is 6.09 Å². The van der Waals surface area contributed by atoms with Gasteiger partial charge in [-0.05, 0) is 58.8 Å². The first kappa shape index (κ1) is 28.2. The van der Waals surface area contributed by atoms with Crippen LogP contribution in [0, 0.1) is 5.92 Å². The lowest BCUT2D eigenvalue weighted by Gasteiger charge is -2.40. The van der Waals surface area contributed by atoms with E-state index in [0.717, 1.165) is 51.4 Å². The first-order chi connectivity index (χ1) is 14.3. The van der Waals surface area contributed by atoms with E-state index in [-0.39, 0.29) is 36.1 Å². The molecule has 182 valence electrons. The molecule has 1 amide bonds. The normalized spacial score (nSPS) is 17.8. The number of piperidine rings is 1. The van der Waals surface area contributed by atoms with Crippen molar-refractivity contribution in [3.63, 3.8) is 0 Å². The molecule has 0 bridgehead atoms. The van der Waals surface area contributed by atoms with Crippen LogP contribution < -0.4 is 5.32 Å². The third-order valence-electron chi connectivity index (χ3n) is 5.38. The fraction of sp³-hybridized carbons (Fsp3) is 0.909. The van der Waals surface area contributed by atoms with Gasteiger partial charge in [-0.3, -0.25) is 4.99 Å². The molecular weight excluding hydrogens is 511 g/mol. The molecule has 1 aliphatic carbocycles. The number of likely N-dealkylation sites (tertiary alicyclic amines) is 1. The van der Waals surface area contributed by atoms with Crippen molar-refractivity contribution < 1.29 is 19.0 Å². The zero-order chi connectivity index (χ0) is 22.0. The summed E-state index contributed by atoms with van der Waals surface area (Å²) in [5.74, 6) is 1.58. The number of hydrogen-bond donors (Lipinski definition) is 1. The van der Waals surface area contributed by atoms with Crippen LogP contribution in [0.3, 0.4) is 0 Å². The van der Waals surface area contributed by atoms with Gasteiger partial charge < -0.3 is 29.3 Å². The SMILES string of the molecule is CN=C(NCCCOCCOC)N1CCC(N(CC2CC2)C(=O)OC(C)(C)C)CC1.I. The van der Waals surface area contributed by atoms with Crippen molar-refractivity contribution in [2.45, 2.75) is 64.5 Å². The Balaban J connectivity index is 0.00000480. The molecule has 2 rings (SSSR count). The van der Waals surface area contributed by atoms with Crippen molar-refractivity contribution in [2.75, 3.05) is 60.2 Å². The molecular formula is C22H43IN4O4. The largest absolute Gasteiger partial charge is 0.444 e. The van der Waals surface area contributed by atoms with E-state index in [1.54, 1.807) is 7.11 Å². The van der Waals surface area contributed by atoms with Crippen LogP contribution in [-0.4, -0.2) is 93.7 Å². The van der Waals surface area contributed by atoms with Gasteiger partial charge in [-0.25, -0.2) is 4.79 Å². The number of rotatable bonds is 10. The maximum atomic E-state index is 12.8. The summed E-state index contributed by atoms with van der Waals surface area (Å²) in [6.07, 6.45) is 5.09. The molecule has 0 aromatic carbocycles. The van der Waals surface area contributed by atoms with Crippen LogP contribution >= 0.6 is 24.0 Å². The molecule has 31 heavy (non-hydrogen) atoms. The summed E-state index contributed by atoms with van der Waals surface area (Å²) in [7, 11) is 3.50. The first-order valence-corrected chi connectivity index (χ1v) is 11.4. The number of halogens is 1. The van der Waals surface area contributed by atoms with E-state index < -0.39 is 5.60 Å². The molecule has 1 heterocycles. The number of amides is 1. The average Bonchev–Trinajstić information content (AvgIpc) is 3.51. The fourth-order valence-corrected chi connectivity index (χ4v) is 3.61. The smallest absolute Gasteiger partial charge is 0.410 e. The monoisotopic (exact) mass is 554 g/mol. The lowest BCUT2D eigenvalue weighted by atomic mass is 10.0. The summed E-state index contributed by atoms with van der Waals surface area (Å²) < 4.78 is 16.2. The van der Waals surface area contributed by atoms with Gasteiger partial charge in [-0.2, -0.15) is 0 Å². The maximum absolute atomic E-state index is 12.8. The molecule has 1 aliphatic heterocycles. The summed E-state index contributed by atoms with van der Waals surface area (Å²) in [4.78, 5) is 21.5. The average molecular weight is 555 g/mol. The number of hydrogen-bond acceptors (Lipinski definition) is 5. The van der Waals surface area contributed by atoms with Gasteiger partial charge in [0.1, 0.15) is 5.60 Å². The molecule has 0 unspecified atom stereocenters. The fourth-order valence-electron chi connectivity index (χ4n) is 3.61. The lowest BCUT2D eigenvalue weighted by Crippen LogP contribution is -2.52. The van der Waals surface area contributed by atoms with Crippen molar-refractivity contribution in [3.8, 4) is 0 Å². The highest BCUT2D eigenvalue weighted by Crippen LogP contribution is 2.32. The number of nitrogens with one attached hydrogen (secondary N) is 1. The van der Waals surface area contributed by atoms with Gasteiger partial charge in [0.25, 0.3) is 0 Å². The molecule has 1 saturated carbocycles. The molecule has 1 N–H and O–H groups in total. The van der Waals surface area contributed by atoms with Crippen LogP contribution in [0.25, 0.3) is 0 Å². The van der Waals surface area contributed by atoms with E-state index in [4.69, 9.17) is 14.2 Å². The number of carbonyl (C=O) groups is 1. The molecule has 2 aliphatic rings. The number of methoxy groups -OCH3 is 1. The van der Waals surface area contributed by atoms with Crippen LogP contribution in [-0.2, 0) is 14.2 Å². The molecule has 2 fully saturated rings. The minimum absolute atomic E-state index is 0. The van der Waals surface area contributed by atoms with Crippen LogP contribution in [0.2, 0.25) is 0 Å². The number of aliphatic imine (C=N–C) groups is 1. The van der Waals surface area contributed by atoms with Crippen LogP contribution in [0.15, 0.2) is 4.99 Å². The molecule has 0 aromatic rings. The molecule has 1 saturated heterocycles.